The molecule has 0 spiro atoms. The number of halogens is 1. The highest BCUT2D eigenvalue weighted by Crippen LogP contribution is 2.36. The number of hydrogen-bond donors (Lipinski definition) is 1. The Balaban J connectivity index is 1.64. The minimum atomic E-state index is -0.207. The number of likely N-dealkylation sites (tertiary alicyclic amines) is 1. The van der Waals surface area contributed by atoms with Crippen LogP contribution in [-0.4, -0.2) is 40.3 Å². The van der Waals surface area contributed by atoms with E-state index in [1.54, 1.807) is 0 Å². The van der Waals surface area contributed by atoms with E-state index in [0.29, 0.717) is 22.7 Å². The fourth-order valence-electron chi connectivity index (χ4n) is 4.66. The van der Waals surface area contributed by atoms with E-state index in [2.05, 4.69) is 19.2 Å². The summed E-state index contributed by atoms with van der Waals surface area (Å²) in [4.78, 5) is 28.0. The predicted molar refractivity (Wildman–Crippen MR) is 126 cm³/mol. The minimum absolute atomic E-state index is 0.0432. The van der Waals surface area contributed by atoms with Crippen LogP contribution < -0.4 is 5.32 Å². The van der Waals surface area contributed by atoms with Crippen LogP contribution in [0.25, 0.3) is 0 Å². The standard InChI is InChI=1S/C24H35ClN2O2S/c1-17(2)30-15-14-27-22(18-8-11-20(25)12-9-18)13-10-19(24(27)29)16-23(28)26-21-6-4-3-5-7-21/h8-9,11-12,17,19,21-22H,3-7,10,13-16H2,1-2H3,(H,26,28). The van der Waals surface area contributed by atoms with Crippen LogP contribution in [0.5, 0.6) is 0 Å². The van der Waals surface area contributed by atoms with Crippen molar-refractivity contribution < 1.29 is 9.59 Å². The molecule has 1 N–H and O–H groups in total. The summed E-state index contributed by atoms with van der Waals surface area (Å²) < 4.78 is 0. The molecular weight excluding hydrogens is 416 g/mol. The van der Waals surface area contributed by atoms with Crippen LogP contribution in [0.3, 0.4) is 0 Å². The zero-order chi connectivity index (χ0) is 21.5. The molecule has 1 heterocycles. The third-order valence-electron chi connectivity index (χ3n) is 6.24. The number of nitrogens with one attached hydrogen (secondary N) is 1. The molecule has 1 aliphatic carbocycles. The van der Waals surface area contributed by atoms with Crippen molar-refractivity contribution in [3.63, 3.8) is 0 Å². The Morgan fingerprint density at radius 3 is 2.50 bits per heavy atom. The van der Waals surface area contributed by atoms with Gasteiger partial charge in [-0.05, 0) is 48.6 Å². The molecule has 1 aromatic carbocycles. The molecule has 2 atom stereocenters. The monoisotopic (exact) mass is 450 g/mol. The second-order valence-electron chi connectivity index (χ2n) is 8.90. The topological polar surface area (TPSA) is 49.4 Å². The first-order valence-electron chi connectivity index (χ1n) is 11.4. The van der Waals surface area contributed by atoms with Crippen LogP contribution in [0.1, 0.15) is 76.8 Å². The quantitative estimate of drug-likeness (QED) is 0.560. The summed E-state index contributed by atoms with van der Waals surface area (Å²) in [5, 5.41) is 4.43. The van der Waals surface area contributed by atoms with Gasteiger partial charge in [-0.2, -0.15) is 11.8 Å². The second kappa shape index (κ2) is 11.4. The SMILES string of the molecule is CC(C)SCCN1C(=O)C(CC(=O)NC2CCCCC2)CCC1c1ccc(Cl)cc1. The summed E-state index contributed by atoms with van der Waals surface area (Å²) >= 11 is 7.94. The van der Waals surface area contributed by atoms with E-state index in [0.717, 1.165) is 43.5 Å². The van der Waals surface area contributed by atoms with Gasteiger partial charge in [0.25, 0.3) is 0 Å². The molecule has 2 fully saturated rings. The first kappa shape index (κ1) is 23.5. The van der Waals surface area contributed by atoms with Gasteiger partial charge in [-0.25, -0.2) is 0 Å². The number of amides is 2. The van der Waals surface area contributed by atoms with Crippen molar-refractivity contribution >= 4 is 35.2 Å². The first-order valence-corrected chi connectivity index (χ1v) is 12.8. The van der Waals surface area contributed by atoms with Crippen LogP contribution >= 0.6 is 23.4 Å². The molecule has 3 rings (SSSR count). The van der Waals surface area contributed by atoms with Gasteiger partial charge in [-0.3, -0.25) is 9.59 Å². The van der Waals surface area contributed by atoms with Gasteiger partial charge in [0.05, 0.1) is 6.04 Å². The largest absolute Gasteiger partial charge is 0.353 e. The molecule has 2 aliphatic rings. The lowest BCUT2D eigenvalue weighted by molar-refractivity contribution is -0.144. The van der Waals surface area contributed by atoms with Crippen molar-refractivity contribution in [2.45, 2.75) is 82.5 Å². The number of benzene rings is 1. The molecule has 0 bridgehead atoms. The normalized spacial score (nSPS) is 23.1. The lowest BCUT2D eigenvalue weighted by Crippen LogP contribution is -2.46. The van der Waals surface area contributed by atoms with Crippen LogP contribution in [0, 0.1) is 5.92 Å². The lowest BCUT2D eigenvalue weighted by Gasteiger charge is -2.40. The van der Waals surface area contributed by atoms with Gasteiger partial charge < -0.3 is 10.2 Å². The van der Waals surface area contributed by atoms with Gasteiger partial charge in [0.2, 0.25) is 11.8 Å². The molecule has 1 aromatic rings. The molecular formula is C24H35ClN2O2S. The van der Waals surface area contributed by atoms with Crippen molar-refractivity contribution in [3.05, 3.63) is 34.9 Å². The van der Waals surface area contributed by atoms with Crippen LogP contribution in [0.15, 0.2) is 24.3 Å². The molecule has 30 heavy (non-hydrogen) atoms. The molecule has 1 saturated carbocycles. The predicted octanol–water partition coefficient (Wildman–Crippen LogP) is 5.60. The Hall–Kier alpha value is -1.20. The van der Waals surface area contributed by atoms with Crippen molar-refractivity contribution in [2.75, 3.05) is 12.3 Å². The van der Waals surface area contributed by atoms with Crippen LogP contribution in [-0.2, 0) is 9.59 Å². The number of thioether (sulfide) groups is 1. The summed E-state index contributed by atoms with van der Waals surface area (Å²) in [6, 6.07) is 8.21. The molecule has 1 aliphatic heterocycles. The fourth-order valence-corrected chi connectivity index (χ4v) is 5.56. The maximum Gasteiger partial charge on any atom is 0.226 e. The highest BCUT2D eigenvalue weighted by atomic mass is 35.5. The van der Waals surface area contributed by atoms with Crippen molar-refractivity contribution in [1.82, 2.24) is 10.2 Å². The van der Waals surface area contributed by atoms with Crippen LogP contribution in [0.2, 0.25) is 5.02 Å². The van der Waals surface area contributed by atoms with Crippen molar-refractivity contribution in [1.29, 1.82) is 0 Å². The Morgan fingerprint density at radius 2 is 1.83 bits per heavy atom. The van der Waals surface area contributed by atoms with E-state index < -0.39 is 0 Å². The molecule has 0 aromatic heterocycles. The number of piperidine rings is 1. The average Bonchev–Trinajstić information content (AvgIpc) is 2.72. The van der Waals surface area contributed by atoms with E-state index in [-0.39, 0.29) is 23.8 Å². The molecule has 166 valence electrons. The fraction of sp³-hybridized carbons (Fsp3) is 0.667. The molecule has 2 amide bonds. The number of hydrogen-bond acceptors (Lipinski definition) is 3. The van der Waals surface area contributed by atoms with Gasteiger partial charge in [-0.15, -0.1) is 0 Å². The summed E-state index contributed by atoms with van der Waals surface area (Å²) in [5.74, 6) is 0.876. The highest BCUT2D eigenvalue weighted by molar-refractivity contribution is 7.99. The molecule has 1 saturated heterocycles. The maximum absolute atomic E-state index is 13.4. The molecule has 4 nitrogen and oxygen atoms in total. The maximum atomic E-state index is 13.4. The lowest BCUT2D eigenvalue weighted by atomic mass is 9.86. The Morgan fingerprint density at radius 1 is 1.13 bits per heavy atom. The van der Waals surface area contributed by atoms with Gasteiger partial charge in [0.1, 0.15) is 0 Å². The van der Waals surface area contributed by atoms with Gasteiger partial charge in [0, 0.05) is 35.7 Å². The number of carbonyl (C=O) groups is 2. The third kappa shape index (κ3) is 6.65. The zero-order valence-corrected chi connectivity index (χ0v) is 19.8. The van der Waals surface area contributed by atoms with E-state index in [9.17, 15) is 9.59 Å². The van der Waals surface area contributed by atoms with Crippen molar-refractivity contribution in [3.8, 4) is 0 Å². The number of rotatable bonds is 8. The smallest absolute Gasteiger partial charge is 0.226 e. The Labute approximate surface area is 190 Å². The molecule has 0 radical (unpaired) electrons. The molecule has 6 heteroatoms. The Bertz CT molecular complexity index is 704. The van der Waals surface area contributed by atoms with E-state index in [1.807, 2.05) is 40.9 Å². The number of carbonyl (C=O) groups excluding carboxylic acids is 2. The van der Waals surface area contributed by atoms with Gasteiger partial charge >= 0.3 is 0 Å². The first-order chi connectivity index (χ1) is 14.4. The zero-order valence-electron chi connectivity index (χ0n) is 18.2. The minimum Gasteiger partial charge on any atom is -0.353 e. The summed E-state index contributed by atoms with van der Waals surface area (Å²) in [5.41, 5.74) is 1.13. The summed E-state index contributed by atoms with van der Waals surface area (Å²) in [6.45, 7) is 5.07. The highest BCUT2D eigenvalue weighted by Gasteiger charge is 2.37. The number of nitrogens with zero attached hydrogens (tertiary/aromatic N) is 1. The van der Waals surface area contributed by atoms with Gasteiger partial charge in [0.15, 0.2) is 0 Å². The van der Waals surface area contributed by atoms with E-state index in [4.69, 9.17) is 11.6 Å². The van der Waals surface area contributed by atoms with Crippen molar-refractivity contribution in [2.24, 2.45) is 5.92 Å². The second-order valence-corrected chi connectivity index (χ2v) is 11.0. The average molecular weight is 451 g/mol. The summed E-state index contributed by atoms with van der Waals surface area (Å²) in [7, 11) is 0. The van der Waals surface area contributed by atoms with Crippen LogP contribution in [0.4, 0.5) is 0 Å². The molecule has 2 unspecified atom stereocenters. The Kier molecular flexibility index (Phi) is 8.94. The van der Waals surface area contributed by atoms with E-state index >= 15 is 0 Å². The van der Waals surface area contributed by atoms with Gasteiger partial charge in [-0.1, -0.05) is 56.8 Å². The third-order valence-corrected chi connectivity index (χ3v) is 7.57. The van der Waals surface area contributed by atoms with E-state index in [1.165, 1.54) is 19.3 Å². The summed E-state index contributed by atoms with van der Waals surface area (Å²) in [6.07, 6.45) is 7.76.